The number of benzene rings is 1. The Balaban J connectivity index is 2.18. The average molecular weight is 353 g/mol. The third-order valence-corrected chi connectivity index (χ3v) is 4.85. The van der Waals surface area contributed by atoms with Crippen LogP contribution in [0.2, 0.25) is 0 Å². The number of hydrogen-bond acceptors (Lipinski definition) is 5. The van der Waals surface area contributed by atoms with Crippen LogP contribution in [0.4, 0.5) is 5.69 Å². The minimum absolute atomic E-state index is 0.0510. The van der Waals surface area contributed by atoms with Gasteiger partial charge in [-0.2, -0.15) is 5.26 Å². The molecule has 0 bridgehead atoms. The maximum atomic E-state index is 12.6. The lowest BCUT2D eigenvalue weighted by molar-refractivity contribution is 0.0910. The third-order valence-electron chi connectivity index (χ3n) is 4.85. The van der Waals surface area contributed by atoms with Gasteiger partial charge in [-0.05, 0) is 37.0 Å². The van der Waals surface area contributed by atoms with Gasteiger partial charge in [-0.3, -0.25) is 9.36 Å². The molecule has 0 saturated heterocycles. The summed E-state index contributed by atoms with van der Waals surface area (Å²) in [7, 11) is 0. The van der Waals surface area contributed by atoms with Crippen molar-refractivity contribution in [2.24, 2.45) is 5.41 Å². The fourth-order valence-electron chi connectivity index (χ4n) is 3.70. The Morgan fingerprint density at radius 1 is 1.35 bits per heavy atom. The first-order valence-corrected chi connectivity index (χ1v) is 8.64. The Kier molecular flexibility index (Phi) is 4.51. The van der Waals surface area contributed by atoms with Crippen LogP contribution < -0.4 is 5.32 Å². The number of nitrogens with one attached hydrogen (secondary N) is 1. The van der Waals surface area contributed by atoms with E-state index in [-0.39, 0.29) is 23.7 Å². The summed E-state index contributed by atoms with van der Waals surface area (Å²) in [5, 5.41) is 32.1. The minimum Gasteiger partial charge on any atom is -0.494 e. The normalized spacial score (nSPS) is 15.4. The molecule has 1 aliphatic carbocycles. The molecule has 6 heteroatoms. The summed E-state index contributed by atoms with van der Waals surface area (Å²) in [5.41, 5.74) is 3.54. The lowest BCUT2D eigenvalue weighted by Crippen LogP contribution is -2.28. The maximum Gasteiger partial charge on any atom is 0.199 e. The highest BCUT2D eigenvalue weighted by Gasteiger charge is 2.36. The van der Waals surface area contributed by atoms with E-state index in [1.165, 1.54) is 0 Å². The zero-order valence-electron chi connectivity index (χ0n) is 15.3. The van der Waals surface area contributed by atoms with E-state index in [1.54, 1.807) is 29.7 Å². The number of aromatic nitrogens is 1. The summed E-state index contributed by atoms with van der Waals surface area (Å²) >= 11 is 0. The number of aliphatic hydroxyl groups is 1. The third kappa shape index (κ3) is 2.95. The largest absolute Gasteiger partial charge is 0.494 e. The number of carbonyl (C=O) groups is 1. The molecule has 1 aromatic carbocycles. The van der Waals surface area contributed by atoms with Crippen LogP contribution in [0.3, 0.4) is 0 Å². The van der Waals surface area contributed by atoms with Crippen LogP contribution in [-0.2, 0) is 6.42 Å². The zero-order valence-corrected chi connectivity index (χ0v) is 15.3. The molecule has 0 saturated carbocycles. The fraction of sp³-hybridized carbons (Fsp3) is 0.400. The zero-order chi connectivity index (χ0) is 19.1. The van der Waals surface area contributed by atoms with Gasteiger partial charge in [0, 0.05) is 29.8 Å². The van der Waals surface area contributed by atoms with Crippen LogP contribution >= 0.6 is 0 Å². The van der Waals surface area contributed by atoms with Crippen LogP contribution in [-0.4, -0.2) is 33.7 Å². The van der Waals surface area contributed by atoms with Gasteiger partial charge < -0.3 is 15.5 Å². The molecule has 0 amide bonds. The number of nitriles is 1. The summed E-state index contributed by atoms with van der Waals surface area (Å²) in [6, 6.07) is 7.31. The molecule has 0 fully saturated rings. The molecule has 136 valence electrons. The van der Waals surface area contributed by atoms with Gasteiger partial charge in [-0.15, -0.1) is 0 Å². The Bertz CT molecular complexity index is 919. The smallest absolute Gasteiger partial charge is 0.199 e. The van der Waals surface area contributed by atoms with Gasteiger partial charge in [0.15, 0.2) is 11.7 Å². The van der Waals surface area contributed by atoms with Crippen LogP contribution in [0.5, 0.6) is 5.88 Å². The number of ketones is 1. The Morgan fingerprint density at radius 3 is 2.73 bits per heavy atom. The number of nitrogens with zero attached hydrogens (tertiary/aromatic N) is 2. The van der Waals surface area contributed by atoms with Crippen molar-refractivity contribution in [3.8, 4) is 17.6 Å². The highest BCUT2D eigenvalue weighted by molar-refractivity contribution is 6.01. The maximum absolute atomic E-state index is 12.6. The van der Waals surface area contributed by atoms with Gasteiger partial charge in [-0.25, -0.2) is 0 Å². The summed E-state index contributed by atoms with van der Waals surface area (Å²) in [6.07, 6.45) is 1.13. The molecule has 6 nitrogen and oxygen atoms in total. The fourth-order valence-corrected chi connectivity index (χ4v) is 3.70. The monoisotopic (exact) mass is 353 g/mol. The van der Waals surface area contributed by atoms with Crippen LogP contribution in [0.15, 0.2) is 18.2 Å². The summed E-state index contributed by atoms with van der Waals surface area (Å²) < 4.78 is 1.70. The molecule has 1 aliphatic rings. The quantitative estimate of drug-likeness (QED) is 0.785. The van der Waals surface area contributed by atoms with Crippen molar-refractivity contribution >= 4 is 11.5 Å². The Labute approximate surface area is 152 Å². The molecule has 2 aromatic rings. The predicted octanol–water partition coefficient (Wildman–Crippen LogP) is 2.92. The van der Waals surface area contributed by atoms with E-state index in [4.69, 9.17) is 5.11 Å². The second-order valence-corrected chi connectivity index (χ2v) is 7.54. The number of carbonyl (C=O) groups excluding carboxylic acids is 1. The van der Waals surface area contributed by atoms with Crippen molar-refractivity contribution < 1.29 is 15.0 Å². The summed E-state index contributed by atoms with van der Waals surface area (Å²) in [4.78, 5) is 12.6. The SMILES string of the molecule is Cc1c2c(n(-c3ccc(C#N)c(NCCO)c3)c1O)CC(C)(C)CC2=O. The standard InChI is InChI=1S/C20H23N3O3/c1-12-18-16(9-20(2,3)10-17(18)25)23(19(12)26)14-5-4-13(11-21)15(8-14)22-6-7-24/h4-5,8,22,24,26H,6-7,9-10H2,1-3H3. The van der Waals surface area contributed by atoms with Gasteiger partial charge >= 0.3 is 0 Å². The molecular formula is C20H23N3O3. The second kappa shape index (κ2) is 6.50. The van der Waals surface area contributed by atoms with Gasteiger partial charge in [0.1, 0.15) is 6.07 Å². The van der Waals surface area contributed by atoms with Gasteiger partial charge in [-0.1, -0.05) is 13.8 Å². The van der Waals surface area contributed by atoms with E-state index >= 15 is 0 Å². The van der Waals surface area contributed by atoms with E-state index in [9.17, 15) is 15.2 Å². The first-order chi connectivity index (χ1) is 12.3. The summed E-state index contributed by atoms with van der Waals surface area (Å²) in [6.45, 7) is 6.12. The van der Waals surface area contributed by atoms with Gasteiger partial charge in [0.25, 0.3) is 0 Å². The molecule has 0 spiro atoms. The number of fused-ring (bicyclic) bond motifs is 1. The number of hydrogen-bond donors (Lipinski definition) is 3. The Hall–Kier alpha value is -2.78. The molecule has 0 radical (unpaired) electrons. The van der Waals surface area contributed by atoms with Crippen molar-refractivity contribution in [1.29, 1.82) is 5.26 Å². The second-order valence-electron chi connectivity index (χ2n) is 7.54. The molecular weight excluding hydrogens is 330 g/mol. The number of aromatic hydroxyl groups is 1. The lowest BCUT2D eigenvalue weighted by Gasteiger charge is -2.29. The molecule has 3 rings (SSSR count). The summed E-state index contributed by atoms with van der Waals surface area (Å²) in [5.74, 6) is 0.105. The first-order valence-electron chi connectivity index (χ1n) is 8.64. The topological polar surface area (TPSA) is 98.3 Å². The van der Waals surface area contributed by atoms with E-state index in [1.807, 2.05) is 13.8 Å². The molecule has 26 heavy (non-hydrogen) atoms. The molecule has 0 atom stereocenters. The Morgan fingerprint density at radius 2 is 2.08 bits per heavy atom. The number of anilines is 1. The average Bonchev–Trinajstić information content (AvgIpc) is 2.82. The predicted molar refractivity (Wildman–Crippen MR) is 98.9 cm³/mol. The lowest BCUT2D eigenvalue weighted by atomic mass is 9.75. The molecule has 1 aromatic heterocycles. The van der Waals surface area contributed by atoms with Crippen LogP contribution in [0, 0.1) is 23.7 Å². The van der Waals surface area contributed by atoms with Crippen molar-refractivity contribution in [1.82, 2.24) is 4.57 Å². The van der Waals surface area contributed by atoms with Crippen molar-refractivity contribution in [2.45, 2.75) is 33.6 Å². The van der Waals surface area contributed by atoms with Crippen molar-refractivity contribution in [2.75, 3.05) is 18.5 Å². The molecule has 1 heterocycles. The first kappa shape index (κ1) is 18.0. The molecule has 0 aliphatic heterocycles. The highest BCUT2D eigenvalue weighted by atomic mass is 16.3. The van der Waals surface area contributed by atoms with E-state index in [2.05, 4.69) is 11.4 Å². The van der Waals surface area contributed by atoms with Crippen LogP contribution in [0.25, 0.3) is 5.69 Å². The van der Waals surface area contributed by atoms with Crippen LogP contribution in [0.1, 0.15) is 47.4 Å². The van der Waals surface area contributed by atoms with E-state index in [0.29, 0.717) is 47.5 Å². The van der Waals surface area contributed by atoms with E-state index in [0.717, 1.165) is 5.69 Å². The highest BCUT2D eigenvalue weighted by Crippen LogP contribution is 2.42. The number of aliphatic hydroxyl groups excluding tert-OH is 1. The van der Waals surface area contributed by atoms with Crippen molar-refractivity contribution in [3.05, 3.63) is 40.6 Å². The van der Waals surface area contributed by atoms with Crippen molar-refractivity contribution in [3.63, 3.8) is 0 Å². The minimum atomic E-state index is -0.177. The van der Waals surface area contributed by atoms with Gasteiger partial charge in [0.05, 0.1) is 23.5 Å². The number of Topliss-reactive ketones (excluding diaryl/α,β-unsaturated/α-hetero) is 1. The van der Waals surface area contributed by atoms with Gasteiger partial charge in [0.2, 0.25) is 0 Å². The molecule has 0 unspecified atom stereocenters. The van der Waals surface area contributed by atoms with E-state index < -0.39 is 0 Å². The number of rotatable bonds is 4. The molecule has 3 N–H and O–H groups in total.